The molecule has 0 unspecified atom stereocenters. The summed E-state index contributed by atoms with van der Waals surface area (Å²) in [5, 5.41) is 10.8. The van der Waals surface area contributed by atoms with Gasteiger partial charge in [-0.25, -0.2) is 0 Å². The number of carbonyl (C=O) groups excluding carboxylic acids is 1. The summed E-state index contributed by atoms with van der Waals surface area (Å²) < 4.78 is 0. The zero-order chi connectivity index (χ0) is 12.4. The third kappa shape index (κ3) is 2.26. The first kappa shape index (κ1) is 11.5. The highest BCUT2D eigenvalue weighted by molar-refractivity contribution is 5.98. The number of nitrogens with zero attached hydrogens (tertiary/aromatic N) is 2. The molecule has 1 atom stereocenters. The average molecular weight is 235 g/mol. The van der Waals surface area contributed by atoms with E-state index in [2.05, 4.69) is 0 Å². The van der Waals surface area contributed by atoms with Crippen LogP contribution in [0.3, 0.4) is 0 Å². The lowest BCUT2D eigenvalue weighted by Crippen LogP contribution is -2.32. The van der Waals surface area contributed by atoms with Crippen molar-refractivity contribution < 1.29 is 9.72 Å². The van der Waals surface area contributed by atoms with E-state index >= 15 is 0 Å². The van der Waals surface area contributed by atoms with Crippen molar-refractivity contribution in [2.24, 2.45) is 5.73 Å². The minimum absolute atomic E-state index is 0.0262. The number of rotatable bonds is 2. The van der Waals surface area contributed by atoms with E-state index < -0.39 is 4.92 Å². The molecule has 1 fully saturated rings. The largest absolute Gasteiger partial charge is 0.337 e. The Morgan fingerprint density at radius 1 is 1.47 bits per heavy atom. The maximum atomic E-state index is 12.1. The molecule has 0 aliphatic carbocycles. The minimum atomic E-state index is -0.538. The van der Waals surface area contributed by atoms with E-state index in [-0.39, 0.29) is 23.2 Å². The molecule has 0 spiro atoms. The molecule has 0 aromatic heterocycles. The van der Waals surface area contributed by atoms with Crippen molar-refractivity contribution in [3.05, 3.63) is 39.9 Å². The quantitative estimate of drug-likeness (QED) is 0.605. The normalized spacial score (nSPS) is 19.4. The van der Waals surface area contributed by atoms with Crippen LogP contribution < -0.4 is 5.73 Å². The number of carbonyl (C=O) groups is 1. The predicted molar refractivity (Wildman–Crippen MR) is 61.6 cm³/mol. The summed E-state index contributed by atoms with van der Waals surface area (Å²) in [4.78, 5) is 23.9. The molecule has 6 nitrogen and oxygen atoms in total. The van der Waals surface area contributed by atoms with Crippen LogP contribution in [-0.2, 0) is 0 Å². The predicted octanol–water partition coefficient (Wildman–Crippen LogP) is 0.768. The number of hydrogen-bond acceptors (Lipinski definition) is 4. The summed E-state index contributed by atoms with van der Waals surface area (Å²) in [6.07, 6.45) is 0.742. The third-order valence-corrected chi connectivity index (χ3v) is 2.84. The van der Waals surface area contributed by atoms with Crippen molar-refractivity contribution in [1.29, 1.82) is 0 Å². The summed E-state index contributed by atoms with van der Waals surface area (Å²) in [6, 6.07) is 5.95. The van der Waals surface area contributed by atoms with Crippen LogP contribution in [0.1, 0.15) is 16.8 Å². The van der Waals surface area contributed by atoms with Gasteiger partial charge in [-0.1, -0.05) is 12.1 Å². The standard InChI is InChI=1S/C11H13N3O3/c12-8-5-6-13(7-8)11(15)9-3-1-2-4-10(9)14(16)17/h1-4,8H,5-7,12H2/t8-/m0/s1. The second-order valence-corrected chi connectivity index (χ2v) is 4.07. The van der Waals surface area contributed by atoms with E-state index in [0.717, 1.165) is 6.42 Å². The molecule has 1 amide bonds. The minimum Gasteiger partial charge on any atom is -0.337 e. The zero-order valence-corrected chi connectivity index (χ0v) is 9.20. The molecular weight excluding hydrogens is 222 g/mol. The van der Waals surface area contributed by atoms with Gasteiger partial charge < -0.3 is 10.6 Å². The van der Waals surface area contributed by atoms with Gasteiger partial charge in [0, 0.05) is 25.2 Å². The van der Waals surface area contributed by atoms with E-state index in [4.69, 9.17) is 5.73 Å². The number of hydrogen-bond donors (Lipinski definition) is 1. The summed E-state index contributed by atoms with van der Waals surface area (Å²) in [5.41, 5.74) is 5.69. The molecule has 2 N–H and O–H groups in total. The molecule has 1 saturated heterocycles. The van der Waals surface area contributed by atoms with E-state index in [1.165, 1.54) is 12.1 Å². The number of para-hydroxylation sites is 1. The Morgan fingerprint density at radius 2 is 2.18 bits per heavy atom. The first-order valence-electron chi connectivity index (χ1n) is 5.38. The molecule has 17 heavy (non-hydrogen) atoms. The number of likely N-dealkylation sites (tertiary alicyclic amines) is 1. The number of amides is 1. The first-order chi connectivity index (χ1) is 8.09. The second-order valence-electron chi connectivity index (χ2n) is 4.07. The molecule has 6 heteroatoms. The van der Waals surface area contributed by atoms with E-state index in [9.17, 15) is 14.9 Å². The van der Waals surface area contributed by atoms with Crippen molar-refractivity contribution in [3.8, 4) is 0 Å². The van der Waals surface area contributed by atoms with Crippen LogP contribution >= 0.6 is 0 Å². The van der Waals surface area contributed by atoms with Crippen LogP contribution in [0.25, 0.3) is 0 Å². The van der Waals surface area contributed by atoms with E-state index in [1.54, 1.807) is 17.0 Å². The topological polar surface area (TPSA) is 89.5 Å². The van der Waals surface area contributed by atoms with Crippen LogP contribution in [0, 0.1) is 10.1 Å². The van der Waals surface area contributed by atoms with Gasteiger partial charge in [-0.2, -0.15) is 0 Å². The van der Waals surface area contributed by atoms with Gasteiger partial charge in [0.15, 0.2) is 0 Å². The highest BCUT2D eigenvalue weighted by atomic mass is 16.6. The molecule has 0 saturated carbocycles. The van der Waals surface area contributed by atoms with E-state index in [0.29, 0.717) is 13.1 Å². The van der Waals surface area contributed by atoms with Crippen molar-refractivity contribution >= 4 is 11.6 Å². The van der Waals surface area contributed by atoms with Crippen molar-refractivity contribution in [1.82, 2.24) is 4.90 Å². The fourth-order valence-electron chi connectivity index (χ4n) is 1.96. The lowest BCUT2D eigenvalue weighted by molar-refractivity contribution is -0.385. The molecule has 2 rings (SSSR count). The number of nitro benzene ring substituents is 1. The smallest absolute Gasteiger partial charge is 0.282 e. The number of nitrogens with two attached hydrogens (primary N) is 1. The molecule has 0 radical (unpaired) electrons. The number of nitro groups is 1. The Hall–Kier alpha value is -1.95. The lowest BCUT2D eigenvalue weighted by Gasteiger charge is -2.15. The van der Waals surface area contributed by atoms with Gasteiger partial charge in [0.05, 0.1) is 4.92 Å². The average Bonchev–Trinajstić information content (AvgIpc) is 2.75. The third-order valence-electron chi connectivity index (χ3n) is 2.84. The van der Waals surface area contributed by atoms with Crippen LogP contribution in [-0.4, -0.2) is 34.9 Å². The lowest BCUT2D eigenvalue weighted by atomic mass is 10.1. The summed E-state index contributed by atoms with van der Waals surface area (Å²) in [6.45, 7) is 1.02. The van der Waals surface area contributed by atoms with Crippen molar-refractivity contribution in [3.63, 3.8) is 0 Å². The summed E-state index contributed by atoms with van der Waals surface area (Å²) in [5.74, 6) is -0.315. The first-order valence-corrected chi connectivity index (χ1v) is 5.38. The highest BCUT2D eigenvalue weighted by Crippen LogP contribution is 2.21. The number of benzene rings is 1. The fourth-order valence-corrected chi connectivity index (χ4v) is 1.96. The molecule has 1 aliphatic rings. The van der Waals surface area contributed by atoms with Crippen LogP contribution in [0.2, 0.25) is 0 Å². The monoisotopic (exact) mass is 235 g/mol. The molecule has 0 bridgehead atoms. The summed E-state index contributed by atoms with van der Waals surface area (Å²) >= 11 is 0. The zero-order valence-electron chi connectivity index (χ0n) is 9.20. The molecule has 90 valence electrons. The molecule has 1 aromatic carbocycles. The van der Waals surface area contributed by atoms with Gasteiger partial charge in [-0.3, -0.25) is 14.9 Å². The van der Waals surface area contributed by atoms with Gasteiger partial charge in [0.2, 0.25) is 0 Å². The maximum absolute atomic E-state index is 12.1. The second kappa shape index (κ2) is 4.50. The Labute approximate surface area is 98.2 Å². The van der Waals surface area contributed by atoms with Crippen molar-refractivity contribution in [2.45, 2.75) is 12.5 Å². The highest BCUT2D eigenvalue weighted by Gasteiger charge is 2.28. The van der Waals surface area contributed by atoms with Crippen molar-refractivity contribution in [2.75, 3.05) is 13.1 Å². The van der Waals surface area contributed by atoms with E-state index in [1.807, 2.05) is 0 Å². The Balaban J connectivity index is 2.28. The van der Waals surface area contributed by atoms with Gasteiger partial charge in [-0.15, -0.1) is 0 Å². The Bertz CT molecular complexity index is 461. The van der Waals surface area contributed by atoms with Gasteiger partial charge in [0.25, 0.3) is 11.6 Å². The van der Waals surface area contributed by atoms with Crippen LogP contribution in [0.4, 0.5) is 5.69 Å². The van der Waals surface area contributed by atoms with Gasteiger partial charge in [-0.05, 0) is 12.5 Å². The maximum Gasteiger partial charge on any atom is 0.282 e. The van der Waals surface area contributed by atoms with Crippen LogP contribution in [0.5, 0.6) is 0 Å². The molecular formula is C11H13N3O3. The van der Waals surface area contributed by atoms with Crippen LogP contribution in [0.15, 0.2) is 24.3 Å². The summed E-state index contributed by atoms with van der Waals surface area (Å²) in [7, 11) is 0. The SMILES string of the molecule is N[C@H]1CCN(C(=O)c2ccccc2[N+](=O)[O-])C1. The molecule has 1 heterocycles. The Kier molecular flexibility index (Phi) is 3.06. The fraction of sp³-hybridized carbons (Fsp3) is 0.364. The molecule has 1 aliphatic heterocycles. The van der Waals surface area contributed by atoms with Gasteiger partial charge >= 0.3 is 0 Å². The van der Waals surface area contributed by atoms with Gasteiger partial charge in [0.1, 0.15) is 5.56 Å². The Morgan fingerprint density at radius 3 is 2.76 bits per heavy atom. The molecule has 1 aromatic rings.